The monoisotopic (exact) mass is 559 g/mol. The van der Waals surface area contributed by atoms with Crippen molar-refractivity contribution in [1.29, 1.82) is 0 Å². The number of nitrogens with two attached hydrogens (primary N) is 1. The Hall–Kier alpha value is -4.17. The second-order valence-electron chi connectivity index (χ2n) is 9.42. The highest BCUT2D eigenvalue weighted by atomic mass is 19.4. The number of nitrogens with one attached hydrogen (secondary N) is 1. The van der Waals surface area contributed by atoms with Crippen LogP contribution >= 0.6 is 0 Å². The number of rotatable bonds is 4. The molecular weight excluding hydrogens is 531 g/mol. The lowest BCUT2D eigenvalue weighted by Gasteiger charge is -2.28. The number of hydrogen-bond donors (Lipinski definition) is 3. The number of alkyl halides is 3. The molecule has 0 unspecified atom stereocenters. The van der Waals surface area contributed by atoms with Crippen LogP contribution in [0, 0.1) is 0 Å². The van der Waals surface area contributed by atoms with Crippen LogP contribution in [0.3, 0.4) is 0 Å². The molecule has 0 bridgehead atoms. The van der Waals surface area contributed by atoms with Crippen molar-refractivity contribution in [2.24, 2.45) is 0 Å². The normalized spacial score (nSPS) is 16.5. The van der Waals surface area contributed by atoms with Gasteiger partial charge in [0.25, 0.3) is 0 Å². The van der Waals surface area contributed by atoms with Gasteiger partial charge in [-0.1, -0.05) is 0 Å². The van der Waals surface area contributed by atoms with Gasteiger partial charge in [0.2, 0.25) is 5.89 Å². The summed E-state index contributed by atoms with van der Waals surface area (Å²) in [5, 5.41) is 15.1. The Labute approximate surface area is 226 Å². The van der Waals surface area contributed by atoms with Crippen molar-refractivity contribution >= 4 is 28.6 Å². The van der Waals surface area contributed by atoms with Gasteiger partial charge in [-0.2, -0.15) is 18.3 Å². The van der Waals surface area contributed by atoms with E-state index in [0.717, 1.165) is 80.1 Å². The molecule has 3 aromatic heterocycles. The fourth-order valence-corrected chi connectivity index (χ4v) is 4.61. The van der Waals surface area contributed by atoms with E-state index in [9.17, 15) is 13.2 Å². The van der Waals surface area contributed by atoms with E-state index in [-0.39, 0.29) is 0 Å². The largest absolute Gasteiger partial charge is 0.490 e. The highest BCUT2D eigenvalue weighted by Crippen LogP contribution is 2.33. The number of halogens is 3. The molecule has 2 aliphatic rings. The number of benzene rings is 1. The highest BCUT2D eigenvalue weighted by molar-refractivity contribution is 5.83. The molecule has 1 aromatic carbocycles. The summed E-state index contributed by atoms with van der Waals surface area (Å²) in [5.41, 5.74) is 11.5. The number of nitrogen functional groups attached to an aromatic ring is 1. The van der Waals surface area contributed by atoms with Crippen molar-refractivity contribution in [2.45, 2.75) is 25.1 Å². The second kappa shape index (κ2) is 11.5. The van der Waals surface area contributed by atoms with Crippen LogP contribution in [-0.4, -0.2) is 76.4 Å². The Balaban J connectivity index is 0.000000411. The summed E-state index contributed by atoms with van der Waals surface area (Å²) in [5.74, 6) is -1.89. The van der Waals surface area contributed by atoms with Crippen molar-refractivity contribution < 1.29 is 32.2 Å². The molecule has 212 valence electrons. The average Bonchev–Trinajstić information content (AvgIpc) is 3.62. The van der Waals surface area contributed by atoms with Gasteiger partial charge < -0.3 is 30.2 Å². The van der Waals surface area contributed by atoms with Gasteiger partial charge in [-0.25, -0.2) is 14.8 Å². The maximum Gasteiger partial charge on any atom is 0.490 e. The van der Waals surface area contributed by atoms with E-state index < -0.39 is 12.1 Å². The van der Waals surface area contributed by atoms with Crippen molar-refractivity contribution in [3.05, 3.63) is 42.9 Å². The molecule has 2 aliphatic heterocycles. The van der Waals surface area contributed by atoms with E-state index in [4.69, 9.17) is 29.8 Å². The van der Waals surface area contributed by atoms with E-state index in [2.05, 4.69) is 43.3 Å². The minimum atomic E-state index is -5.08. The van der Waals surface area contributed by atoms with E-state index in [1.54, 1.807) is 6.20 Å². The van der Waals surface area contributed by atoms with E-state index in [1.807, 2.05) is 18.3 Å². The maximum absolute atomic E-state index is 10.6. The summed E-state index contributed by atoms with van der Waals surface area (Å²) in [7, 11) is 0. The summed E-state index contributed by atoms with van der Waals surface area (Å²) in [6.45, 7) is 5.29. The number of hydrogen-bond acceptors (Lipinski definition) is 9. The lowest BCUT2D eigenvalue weighted by molar-refractivity contribution is -0.192. The number of aromatic nitrogens is 4. The molecule has 4 aromatic rings. The van der Waals surface area contributed by atoms with Crippen LogP contribution in [0.4, 0.5) is 24.7 Å². The van der Waals surface area contributed by atoms with Crippen molar-refractivity contribution in [2.75, 3.05) is 50.0 Å². The molecule has 0 spiro atoms. The number of aliphatic carboxylic acids is 1. The molecule has 4 N–H and O–H groups in total. The molecule has 2 fully saturated rings. The summed E-state index contributed by atoms with van der Waals surface area (Å²) in [6.07, 6.45) is 2.85. The van der Waals surface area contributed by atoms with Gasteiger partial charge in [0.15, 0.2) is 5.58 Å². The van der Waals surface area contributed by atoms with E-state index in [1.165, 1.54) is 0 Å². The van der Waals surface area contributed by atoms with Crippen molar-refractivity contribution in [3.63, 3.8) is 0 Å². The number of anilines is 2. The lowest BCUT2D eigenvalue weighted by atomic mass is 10.1. The SMILES string of the molecule is Nc1ncc(-c2cnn(C3CCNCC3)c2)cc1-c1nc2cc(N3CCOCC3)ccc2o1.O=C(O)C(F)(F)F. The number of carboxylic acid groups (broad SMARTS) is 1. The zero-order valence-corrected chi connectivity index (χ0v) is 21.4. The topological polar surface area (TPSA) is 145 Å². The standard InChI is InChI=1S/C24H27N7O2.C2HF3O2/c25-23-20(11-16(13-27-23)17-14-28-31(15-17)18-3-5-26-6-4-18)24-29-21-12-19(1-2-22(21)33-24)30-7-9-32-10-8-30;3-2(4,5)1(6)7/h1-2,11-15,18,26H,3-10H2,(H2,25,27);(H,6,7). The number of carboxylic acids is 1. The highest BCUT2D eigenvalue weighted by Gasteiger charge is 2.38. The number of ether oxygens (including phenoxy) is 1. The molecular formula is C26H28F3N7O4. The van der Waals surface area contributed by atoms with Crippen molar-refractivity contribution in [1.82, 2.24) is 25.1 Å². The first-order chi connectivity index (χ1) is 19.2. The zero-order valence-electron chi connectivity index (χ0n) is 21.4. The number of piperidine rings is 1. The third-order valence-electron chi connectivity index (χ3n) is 6.76. The number of carbonyl (C=O) groups is 1. The first kappa shape index (κ1) is 27.4. The van der Waals surface area contributed by atoms with Gasteiger partial charge in [-0.3, -0.25) is 4.68 Å². The smallest absolute Gasteiger partial charge is 0.475 e. The van der Waals surface area contributed by atoms with Crippen LogP contribution in [0.25, 0.3) is 33.7 Å². The molecule has 14 heteroatoms. The molecule has 40 heavy (non-hydrogen) atoms. The predicted octanol–water partition coefficient (Wildman–Crippen LogP) is 3.73. The second-order valence-corrected chi connectivity index (χ2v) is 9.42. The van der Waals surface area contributed by atoms with Gasteiger partial charge in [0.1, 0.15) is 11.3 Å². The lowest BCUT2D eigenvalue weighted by Crippen LogP contribution is -2.36. The fourth-order valence-electron chi connectivity index (χ4n) is 4.61. The van der Waals surface area contributed by atoms with Gasteiger partial charge in [-0.15, -0.1) is 0 Å². The summed E-state index contributed by atoms with van der Waals surface area (Å²) in [6, 6.07) is 8.51. The number of morpholine rings is 1. The van der Waals surface area contributed by atoms with Crippen molar-refractivity contribution in [3.8, 4) is 22.6 Å². The van der Waals surface area contributed by atoms with Gasteiger partial charge in [0, 0.05) is 42.3 Å². The maximum atomic E-state index is 10.6. The molecule has 2 saturated heterocycles. The predicted molar refractivity (Wildman–Crippen MR) is 141 cm³/mol. The molecule has 0 amide bonds. The number of nitrogens with zero attached hydrogens (tertiary/aromatic N) is 5. The molecule has 0 aliphatic carbocycles. The van der Waals surface area contributed by atoms with E-state index >= 15 is 0 Å². The Morgan fingerprint density at radius 3 is 2.52 bits per heavy atom. The quantitative estimate of drug-likeness (QED) is 0.338. The molecule has 5 heterocycles. The summed E-state index contributed by atoms with van der Waals surface area (Å²) < 4.78 is 45.3. The van der Waals surface area contributed by atoms with Gasteiger partial charge in [-0.05, 0) is 50.2 Å². The van der Waals surface area contributed by atoms with Crippen LogP contribution in [0.15, 0.2) is 47.3 Å². The van der Waals surface area contributed by atoms with Crippen LogP contribution < -0.4 is 16.0 Å². The summed E-state index contributed by atoms with van der Waals surface area (Å²) >= 11 is 0. The third kappa shape index (κ3) is 6.18. The first-order valence-electron chi connectivity index (χ1n) is 12.7. The Kier molecular flexibility index (Phi) is 7.89. The first-order valence-corrected chi connectivity index (χ1v) is 12.7. The molecule has 11 nitrogen and oxygen atoms in total. The van der Waals surface area contributed by atoms with Gasteiger partial charge >= 0.3 is 12.1 Å². The summed E-state index contributed by atoms with van der Waals surface area (Å²) in [4.78, 5) is 20.4. The fraction of sp³-hybridized carbons (Fsp3) is 0.385. The number of oxazole rings is 1. The molecule has 0 atom stereocenters. The van der Waals surface area contributed by atoms with Crippen LogP contribution in [0.2, 0.25) is 0 Å². The Bertz CT molecular complexity index is 1470. The molecule has 6 rings (SSSR count). The van der Waals surface area contributed by atoms with E-state index in [0.29, 0.717) is 23.3 Å². The zero-order chi connectivity index (χ0) is 28.3. The van der Waals surface area contributed by atoms with Crippen LogP contribution in [-0.2, 0) is 9.53 Å². The number of fused-ring (bicyclic) bond motifs is 1. The minimum Gasteiger partial charge on any atom is -0.475 e. The average molecular weight is 560 g/mol. The van der Waals surface area contributed by atoms with Gasteiger partial charge in [0.05, 0.1) is 31.0 Å². The Morgan fingerprint density at radius 2 is 1.82 bits per heavy atom. The third-order valence-corrected chi connectivity index (χ3v) is 6.76. The minimum absolute atomic E-state index is 0.393. The van der Waals surface area contributed by atoms with Crippen LogP contribution in [0.1, 0.15) is 18.9 Å². The van der Waals surface area contributed by atoms with Crippen LogP contribution in [0.5, 0.6) is 0 Å². The Morgan fingerprint density at radius 1 is 1.10 bits per heavy atom. The number of pyridine rings is 1. The molecule has 0 radical (unpaired) electrons. The molecule has 0 saturated carbocycles.